The van der Waals surface area contributed by atoms with E-state index in [1.807, 2.05) is 0 Å². The van der Waals surface area contributed by atoms with Crippen LogP contribution in [0.3, 0.4) is 0 Å². The van der Waals surface area contributed by atoms with E-state index < -0.39 is 0 Å². The molecule has 45 heavy (non-hydrogen) atoms. The van der Waals surface area contributed by atoms with E-state index in [2.05, 4.69) is 159 Å². The van der Waals surface area contributed by atoms with Gasteiger partial charge < -0.3 is 0 Å². The van der Waals surface area contributed by atoms with Gasteiger partial charge in [0.25, 0.3) is 0 Å². The Labute approximate surface area is 264 Å². The first-order chi connectivity index (χ1) is 22.1. The fraction of sp³-hybridized carbons (Fsp3) is 0.0667. The molecule has 0 aliphatic heterocycles. The molecule has 212 valence electrons. The van der Waals surface area contributed by atoms with Gasteiger partial charge in [-0.05, 0) is 131 Å². The van der Waals surface area contributed by atoms with Crippen molar-refractivity contribution >= 4 is 32.3 Å². The summed E-state index contributed by atoms with van der Waals surface area (Å²) in [6.45, 7) is 4.46. The number of hydrogen-bond acceptors (Lipinski definition) is 0. The van der Waals surface area contributed by atoms with Crippen LogP contribution in [0, 0.1) is 13.8 Å². The Balaban J connectivity index is 1.19. The molecule has 0 bridgehead atoms. The maximum Gasteiger partial charge on any atom is -0.000111 e. The summed E-state index contributed by atoms with van der Waals surface area (Å²) in [5, 5.41) is 7.86. The summed E-state index contributed by atoms with van der Waals surface area (Å²) in [4.78, 5) is 0. The zero-order valence-electron chi connectivity index (χ0n) is 25.6. The molecule has 0 unspecified atom stereocenters. The fourth-order valence-corrected chi connectivity index (χ4v) is 7.76. The predicted molar refractivity (Wildman–Crippen MR) is 193 cm³/mol. The van der Waals surface area contributed by atoms with Crippen LogP contribution in [0.4, 0.5) is 0 Å². The van der Waals surface area contributed by atoms with Crippen molar-refractivity contribution in [3.8, 4) is 44.5 Å². The summed E-state index contributed by atoms with van der Waals surface area (Å²) in [6, 6.07) is 54.2. The van der Waals surface area contributed by atoms with Gasteiger partial charge in [-0.2, -0.15) is 0 Å². The van der Waals surface area contributed by atoms with E-state index in [1.54, 1.807) is 0 Å². The average molecular weight is 573 g/mol. The van der Waals surface area contributed by atoms with Gasteiger partial charge in [0.2, 0.25) is 0 Å². The molecule has 0 heteroatoms. The van der Waals surface area contributed by atoms with Gasteiger partial charge in [-0.25, -0.2) is 0 Å². The van der Waals surface area contributed by atoms with Crippen molar-refractivity contribution in [3.05, 3.63) is 168 Å². The molecule has 1 aliphatic carbocycles. The fourth-order valence-electron chi connectivity index (χ4n) is 7.76. The number of hydrogen-bond donors (Lipinski definition) is 0. The third kappa shape index (κ3) is 4.14. The second kappa shape index (κ2) is 10.0. The molecule has 0 radical (unpaired) electrons. The molecule has 8 aromatic rings. The summed E-state index contributed by atoms with van der Waals surface area (Å²) >= 11 is 0. The smallest absolute Gasteiger partial charge is 0.000111 e. The highest BCUT2D eigenvalue weighted by Crippen LogP contribution is 2.47. The Morgan fingerprint density at radius 3 is 1.38 bits per heavy atom. The quantitative estimate of drug-likeness (QED) is 0.185. The minimum atomic E-state index is 0.948. The lowest BCUT2D eigenvalue weighted by Crippen LogP contribution is -1.92. The molecule has 0 fully saturated rings. The van der Waals surface area contributed by atoms with Crippen LogP contribution in [-0.2, 0) is 6.42 Å². The molecule has 0 N–H and O–H groups in total. The van der Waals surface area contributed by atoms with Crippen molar-refractivity contribution in [2.75, 3.05) is 0 Å². The van der Waals surface area contributed by atoms with Gasteiger partial charge in [-0.3, -0.25) is 0 Å². The molecule has 8 aromatic carbocycles. The van der Waals surface area contributed by atoms with Crippen LogP contribution >= 0.6 is 0 Å². The minimum absolute atomic E-state index is 0.948. The highest BCUT2D eigenvalue weighted by Gasteiger charge is 2.26. The number of aryl methyl sites for hydroxylation is 2. The van der Waals surface area contributed by atoms with Crippen LogP contribution in [0.2, 0.25) is 0 Å². The third-order valence-electron chi connectivity index (χ3n) is 9.77. The Bertz CT molecular complexity index is 2430. The first kappa shape index (κ1) is 26.0. The van der Waals surface area contributed by atoms with E-state index in [0.717, 1.165) is 6.42 Å². The molecule has 0 heterocycles. The summed E-state index contributed by atoms with van der Waals surface area (Å²) in [5.74, 6) is 0. The first-order valence-electron chi connectivity index (χ1n) is 15.9. The Hall–Kier alpha value is -5.46. The highest BCUT2D eigenvalue weighted by molar-refractivity contribution is 6.25. The zero-order chi connectivity index (χ0) is 30.1. The average Bonchev–Trinajstić information content (AvgIpc) is 3.46. The molecule has 9 rings (SSSR count). The molecule has 0 aromatic heterocycles. The SMILES string of the molecule is Cc1cc(-c2ccccc2)c2c(c1)-c1cc(C)cc(-c3cccc(-c4ccc5c6ccccc6c6ccccc6c5c4)c3)c1C2. The predicted octanol–water partition coefficient (Wildman–Crippen LogP) is 12.3. The molecular formula is C45H32. The molecule has 0 nitrogen and oxygen atoms in total. The Morgan fingerprint density at radius 2 is 0.756 bits per heavy atom. The van der Waals surface area contributed by atoms with Crippen LogP contribution < -0.4 is 0 Å². The monoisotopic (exact) mass is 572 g/mol. The van der Waals surface area contributed by atoms with Crippen molar-refractivity contribution < 1.29 is 0 Å². The van der Waals surface area contributed by atoms with Crippen LogP contribution in [-0.4, -0.2) is 0 Å². The van der Waals surface area contributed by atoms with Gasteiger partial charge in [0.15, 0.2) is 0 Å². The van der Waals surface area contributed by atoms with Crippen LogP contribution in [0.1, 0.15) is 22.3 Å². The van der Waals surface area contributed by atoms with Crippen molar-refractivity contribution in [1.29, 1.82) is 0 Å². The Morgan fingerprint density at radius 1 is 0.311 bits per heavy atom. The lowest BCUT2D eigenvalue weighted by Gasteiger charge is -2.14. The molecule has 0 saturated carbocycles. The van der Waals surface area contributed by atoms with Crippen molar-refractivity contribution in [1.82, 2.24) is 0 Å². The van der Waals surface area contributed by atoms with E-state index in [4.69, 9.17) is 0 Å². The summed E-state index contributed by atoms with van der Waals surface area (Å²) < 4.78 is 0. The normalized spacial score (nSPS) is 12.1. The van der Waals surface area contributed by atoms with E-state index in [-0.39, 0.29) is 0 Å². The van der Waals surface area contributed by atoms with Crippen LogP contribution in [0.25, 0.3) is 76.8 Å². The standard InChI is InChI=1S/C45H32/c1-28-21-39(30-11-4-3-5-12-30)44-27-45-40(22-29(2)24-42(45)41(44)23-28)33-14-10-13-31(25-33)32-19-20-38-36-17-7-6-15-34(36)35-16-8-9-18-37(35)43(38)26-32/h3-26H,27H2,1-2H3. The largest absolute Gasteiger partial charge is 0.0622 e. The second-order valence-corrected chi connectivity index (χ2v) is 12.7. The van der Waals surface area contributed by atoms with Crippen LogP contribution in [0.5, 0.6) is 0 Å². The van der Waals surface area contributed by atoms with Gasteiger partial charge in [0, 0.05) is 0 Å². The first-order valence-corrected chi connectivity index (χ1v) is 15.9. The number of benzene rings is 8. The molecular weight excluding hydrogens is 540 g/mol. The van der Waals surface area contributed by atoms with Gasteiger partial charge in [0.1, 0.15) is 0 Å². The lowest BCUT2D eigenvalue weighted by atomic mass is 9.90. The third-order valence-corrected chi connectivity index (χ3v) is 9.77. The van der Waals surface area contributed by atoms with E-state index in [1.165, 1.54) is 99.1 Å². The maximum absolute atomic E-state index is 2.40. The van der Waals surface area contributed by atoms with Gasteiger partial charge >= 0.3 is 0 Å². The molecule has 1 aliphatic rings. The van der Waals surface area contributed by atoms with Gasteiger partial charge in [0.05, 0.1) is 0 Å². The van der Waals surface area contributed by atoms with Crippen molar-refractivity contribution in [2.45, 2.75) is 20.3 Å². The molecule has 0 atom stereocenters. The van der Waals surface area contributed by atoms with Crippen LogP contribution in [0.15, 0.2) is 146 Å². The summed E-state index contributed by atoms with van der Waals surface area (Å²) in [6.07, 6.45) is 0.948. The Kier molecular flexibility index (Phi) is 5.80. The molecule has 0 saturated heterocycles. The topological polar surface area (TPSA) is 0 Å². The maximum atomic E-state index is 2.40. The van der Waals surface area contributed by atoms with Crippen molar-refractivity contribution in [3.63, 3.8) is 0 Å². The second-order valence-electron chi connectivity index (χ2n) is 12.7. The lowest BCUT2D eigenvalue weighted by molar-refractivity contribution is 1.25. The zero-order valence-corrected chi connectivity index (χ0v) is 25.6. The summed E-state index contributed by atoms with van der Waals surface area (Å²) in [5.41, 5.74) is 16.0. The van der Waals surface area contributed by atoms with Crippen molar-refractivity contribution in [2.24, 2.45) is 0 Å². The van der Waals surface area contributed by atoms with E-state index >= 15 is 0 Å². The highest BCUT2D eigenvalue weighted by atomic mass is 14.3. The number of fused-ring (bicyclic) bond motifs is 9. The number of rotatable bonds is 3. The van der Waals surface area contributed by atoms with E-state index in [0.29, 0.717) is 0 Å². The molecule has 0 amide bonds. The molecule has 0 spiro atoms. The summed E-state index contributed by atoms with van der Waals surface area (Å²) in [7, 11) is 0. The minimum Gasteiger partial charge on any atom is -0.0622 e. The van der Waals surface area contributed by atoms with Gasteiger partial charge in [-0.15, -0.1) is 0 Å². The van der Waals surface area contributed by atoms with E-state index in [9.17, 15) is 0 Å². The van der Waals surface area contributed by atoms with Gasteiger partial charge in [-0.1, -0.05) is 133 Å².